The summed E-state index contributed by atoms with van der Waals surface area (Å²) in [4.78, 5) is 17.3. The number of likely N-dealkylation sites (tertiary alicyclic amines) is 1. The zero-order valence-corrected chi connectivity index (χ0v) is 22.7. The lowest BCUT2D eigenvalue weighted by Gasteiger charge is -2.42. The molecule has 3 aromatic rings. The normalized spacial score (nSPS) is 17.2. The standard InChI is InChI=1S/C32H40N2O4/c1-4-33(5-2)23-25-10-9-11-27(22-25)31(36)38-29-16-14-26(15-17-29)30(35)24(3)34-20-18-32(37,19-21-34)28-12-7-6-8-13-28/h6-17,22,24,30,35,37H,4-5,18-21,23H2,1-3H3/t24-,30-/m1/s1. The Hall–Kier alpha value is -3.03. The molecule has 1 fully saturated rings. The summed E-state index contributed by atoms with van der Waals surface area (Å²) in [6.07, 6.45) is 0.553. The molecule has 1 saturated heterocycles. The monoisotopic (exact) mass is 516 g/mol. The van der Waals surface area contributed by atoms with E-state index in [-0.39, 0.29) is 6.04 Å². The van der Waals surface area contributed by atoms with Crippen molar-refractivity contribution in [1.29, 1.82) is 0 Å². The lowest BCUT2D eigenvalue weighted by molar-refractivity contribution is -0.0501. The van der Waals surface area contributed by atoms with Gasteiger partial charge in [0.1, 0.15) is 5.75 Å². The Morgan fingerprint density at radius 1 is 0.974 bits per heavy atom. The summed E-state index contributed by atoms with van der Waals surface area (Å²) in [5, 5.41) is 22.2. The summed E-state index contributed by atoms with van der Waals surface area (Å²) in [6.45, 7) is 10.4. The molecule has 202 valence electrons. The highest BCUT2D eigenvalue weighted by atomic mass is 16.5. The van der Waals surface area contributed by atoms with E-state index in [0.29, 0.717) is 37.2 Å². The van der Waals surface area contributed by atoms with E-state index < -0.39 is 17.7 Å². The van der Waals surface area contributed by atoms with Gasteiger partial charge in [0.15, 0.2) is 0 Å². The minimum absolute atomic E-state index is 0.114. The van der Waals surface area contributed by atoms with E-state index in [2.05, 4.69) is 23.6 Å². The highest BCUT2D eigenvalue weighted by Crippen LogP contribution is 2.35. The zero-order chi connectivity index (χ0) is 27.1. The third-order valence-electron chi connectivity index (χ3n) is 7.86. The fourth-order valence-corrected chi connectivity index (χ4v) is 5.22. The van der Waals surface area contributed by atoms with Crippen molar-refractivity contribution in [2.24, 2.45) is 0 Å². The van der Waals surface area contributed by atoms with Gasteiger partial charge >= 0.3 is 5.97 Å². The Balaban J connectivity index is 1.33. The maximum Gasteiger partial charge on any atom is 0.343 e. The van der Waals surface area contributed by atoms with Crippen molar-refractivity contribution >= 4 is 5.97 Å². The maximum absolute atomic E-state index is 12.8. The number of aliphatic hydroxyl groups is 2. The second-order valence-electron chi connectivity index (χ2n) is 10.2. The Morgan fingerprint density at radius 3 is 2.26 bits per heavy atom. The smallest absolute Gasteiger partial charge is 0.343 e. The molecule has 0 saturated carbocycles. The Labute approximate surface area is 226 Å². The number of hydrogen-bond donors (Lipinski definition) is 2. The van der Waals surface area contributed by atoms with Crippen LogP contribution >= 0.6 is 0 Å². The van der Waals surface area contributed by atoms with Crippen LogP contribution in [0.2, 0.25) is 0 Å². The van der Waals surface area contributed by atoms with E-state index >= 15 is 0 Å². The lowest BCUT2D eigenvalue weighted by Crippen LogP contribution is -2.47. The van der Waals surface area contributed by atoms with Gasteiger partial charge in [0.05, 0.1) is 17.3 Å². The van der Waals surface area contributed by atoms with Crippen LogP contribution in [0, 0.1) is 0 Å². The van der Waals surface area contributed by atoms with Gasteiger partial charge in [0.25, 0.3) is 0 Å². The van der Waals surface area contributed by atoms with E-state index in [1.165, 1.54) is 0 Å². The topological polar surface area (TPSA) is 73.2 Å². The Bertz CT molecular complexity index is 1170. The van der Waals surface area contributed by atoms with E-state index in [9.17, 15) is 15.0 Å². The van der Waals surface area contributed by atoms with Gasteiger partial charge in [-0.15, -0.1) is 0 Å². The quantitative estimate of drug-likeness (QED) is 0.287. The first kappa shape index (κ1) is 28.0. The van der Waals surface area contributed by atoms with Gasteiger partial charge in [-0.25, -0.2) is 4.79 Å². The van der Waals surface area contributed by atoms with E-state index in [0.717, 1.165) is 36.3 Å². The van der Waals surface area contributed by atoms with Crippen molar-refractivity contribution in [3.63, 3.8) is 0 Å². The number of aliphatic hydroxyl groups excluding tert-OH is 1. The highest BCUT2D eigenvalue weighted by molar-refractivity contribution is 5.91. The second kappa shape index (κ2) is 12.7. The van der Waals surface area contributed by atoms with Crippen molar-refractivity contribution in [3.05, 3.63) is 101 Å². The van der Waals surface area contributed by atoms with Crippen LogP contribution in [-0.2, 0) is 12.1 Å². The van der Waals surface area contributed by atoms with Crippen LogP contribution in [0.1, 0.15) is 66.8 Å². The fourth-order valence-electron chi connectivity index (χ4n) is 5.22. The first-order valence-corrected chi connectivity index (χ1v) is 13.7. The molecule has 0 bridgehead atoms. The van der Waals surface area contributed by atoms with Gasteiger partial charge < -0.3 is 14.9 Å². The molecule has 0 amide bonds. The van der Waals surface area contributed by atoms with Crippen LogP contribution in [-0.4, -0.2) is 58.2 Å². The first-order valence-electron chi connectivity index (χ1n) is 13.7. The van der Waals surface area contributed by atoms with Crippen LogP contribution in [0.4, 0.5) is 0 Å². The third kappa shape index (κ3) is 6.69. The average molecular weight is 517 g/mol. The number of carbonyl (C=O) groups is 1. The van der Waals surface area contributed by atoms with Gasteiger partial charge in [-0.3, -0.25) is 9.80 Å². The molecular formula is C32H40N2O4. The van der Waals surface area contributed by atoms with Crippen LogP contribution < -0.4 is 4.74 Å². The van der Waals surface area contributed by atoms with Gasteiger partial charge in [-0.2, -0.15) is 0 Å². The number of hydrogen-bond acceptors (Lipinski definition) is 6. The molecule has 2 N–H and O–H groups in total. The number of rotatable bonds is 10. The highest BCUT2D eigenvalue weighted by Gasteiger charge is 2.36. The largest absolute Gasteiger partial charge is 0.423 e. The molecule has 0 spiro atoms. The van der Waals surface area contributed by atoms with Gasteiger partial charge in [-0.05, 0) is 73.8 Å². The molecule has 38 heavy (non-hydrogen) atoms. The summed E-state index contributed by atoms with van der Waals surface area (Å²) >= 11 is 0. The predicted molar refractivity (Wildman–Crippen MR) is 150 cm³/mol. The molecule has 1 aliphatic heterocycles. The van der Waals surface area contributed by atoms with Gasteiger partial charge in [-0.1, -0.05) is 68.4 Å². The molecule has 2 atom stereocenters. The minimum Gasteiger partial charge on any atom is -0.423 e. The SMILES string of the molecule is CCN(CC)Cc1cccc(C(=O)Oc2ccc([C@H](O)[C@@H](C)N3CCC(O)(c4ccccc4)CC3)cc2)c1. The summed E-state index contributed by atoms with van der Waals surface area (Å²) in [6, 6.07) is 24.4. The molecule has 6 nitrogen and oxygen atoms in total. The van der Waals surface area contributed by atoms with Crippen LogP contribution in [0.15, 0.2) is 78.9 Å². The second-order valence-corrected chi connectivity index (χ2v) is 10.2. The molecular weight excluding hydrogens is 476 g/mol. The molecule has 0 radical (unpaired) electrons. The number of esters is 1. The fraction of sp³-hybridized carbons (Fsp3) is 0.406. The van der Waals surface area contributed by atoms with Crippen LogP contribution in [0.3, 0.4) is 0 Å². The van der Waals surface area contributed by atoms with Crippen molar-refractivity contribution in [3.8, 4) is 5.75 Å². The van der Waals surface area contributed by atoms with Crippen LogP contribution in [0.5, 0.6) is 5.75 Å². The number of benzene rings is 3. The number of ether oxygens (including phenoxy) is 1. The van der Waals surface area contributed by atoms with Crippen molar-refractivity contribution in [2.45, 2.75) is 57.9 Å². The van der Waals surface area contributed by atoms with Crippen molar-refractivity contribution in [1.82, 2.24) is 9.80 Å². The summed E-state index contributed by atoms with van der Waals surface area (Å²) in [5.74, 6) is 0.0472. The van der Waals surface area contributed by atoms with Crippen LogP contribution in [0.25, 0.3) is 0 Å². The van der Waals surface area contributed by atoms with E-state index in [1.807, 2.05) is 67.6 Å². The Kier molecular flexibility index (Phi) is 9.34. The minimum atomic E-state index is -0.821. The molecule has 6 heteroatoms. The zero-order valence-electron chi connectivity index (χ0n) is 22.7. The van der Waals surface area contributed by atoms with Crippen molar-refractivity contribution in [2.75, 3.05) is 26.2 Å². The summed E-state index contributed by atoms with van der Waals surface area (Å²) in [5.41, 5.74) is 2.50. The molecule has 0 unspecified atom stereocenters. The van der Waals surface area contributed by atoms with E-state index in [1.54, 1.807) is 18.2 Å². The van der Waals surface area contributed by atoms with Gasteiger partial charge in [0.2, 0.25) is 0 Å². The lowest BCUT2D eigenvalue weighted by atomic mass is 9.83. The predicted octanol–water partition coefficient (Wildman–Crippen LogP) is 5.15. The van der Waals surface area contributed by atoms with E-state index in [4.69, 9.17) is 4.74 Å². The Morgan fingerprint density at radius 2 is 1.63 bits per heavy atom. The summed E-state index contributed by atoms with van der Waals surface area (Å²) < 4.78 is 5.62. The number of carbonyl (C=O) groups excluding carboxylic acids is 1. The number of nitrogens with zero attached hydrogens (tertiary/aromatic N) is 2. The maximum atomic E-state index is 12.8. The molecule has 4 rings (SSSR count). The average Bonchev–Trinajstić information content (AvgIpc) is 2.96. The molecule has 1 heterocycles. The molecule has 0 aromatic heterocycles. The summed E-state index contributed by atoms with van der Waals surface area (Å²) in [7, 11) is 0. The molecule has 1 aliphatic rings. The third-order valence-corrected chi connectivity index (χ3v) is 7.86. The molecule has 3 aromatic carbocycles. The number of piperidine rings is 1. The van der Waals surface area contributed by atoms with Crippen molar-refractivity contribution < 1.29 is 19.7 Å². The van der Waals surface area contributed by atoms with Gasteiger partial charge in [0, 0.05) is 25.7 Å². The first-order chi connectivity index (χ1) is 18.3. The molecule has 0 aliphatic carbocycles.